The third kappa shape index (κ3) is 3.30. The van der Waals surface area contributed by atoms with Gasteiger partial charge in [0.1, 0.15) is 5.82 Å². The summed E-state index contributed by atoms with van der Waals surface area (Å²) in [5.41, 5.74) is 8.99. The van der Waals surface area contributed by atoms with Gasteiger partial charge >= 0.3 is 0 Å². The van der Waals surface area contributed by atoms with Gasteiger partial charge in [0.2, 0.25) is 5.91 Å². The molecule has 0 fully saturated rings. The molecular formula is C24H17FN4O2S. The minimum Gasteiger partial charge on any atom is -0.366 e. The van der Waals surface area contributed by atoms with Crippen molar-refractivity contribution >= 4 is 33.2 Å². The first kappa shape index (κ1) is 19.9. The lowest BCUT2D eigenvalue weighted by molar-refractivity contribution is 0.0997. The number of Topliss-reactive ketones (excluding diaryl/α,β-unsaturated/α-hetero) is 1. The summed E-state index contributed by atoms with van der Waals surface area (Å²) >= 11 is 1.37. The van der Waals surface area contributed by atoms with Crippen LogP contribution in [0.3, 0.4) is 0 Å². The molecule has 3 heterocycles. The highest BCUT2D eigenvalue weighted by molar-refractivity contribution is 7.20. The van der Waals surface area contributed by atoms with Crippen LogP contribution in [0.15, 0.2) is 73.3 Å². The number of benzene rings is 2. The average Bonchev–Trinajstić information content (AvgIpc) is 3.50. The summed E-state index contributed by atoms with van der Waals surface area (Å²) in [7, 11) is 0. The Morgan fingerprint density at radius 1 is 1.03 bits per heavy atom. The van der Waals surface area contributed by atoms with E-state index in [4.69, 9.17) is 5.73 Å². The summed E-state index contributed by atoms with van der Waals surface area (Å²) in [6, 6.07) is 15.5. The highest BCUT2D eigenvalue weighted by atomic mass is 32.1. The Kier molecular flexibility index (Phi) is 4.71. The van der Waals surface area contributed by atoms with Crippen LogP contribution in [0.2, 0.25) is 0 Å². The van der Waals surface area contributed by atoms with E-state index in [0.717, 1.165) is 15.9 Å². The minimum absolute atomic E-state index is 0.0285. The number of nitrogens with zero attached hydrogens (tertiary/aromatic N) is 3. The second-order valence-corrected chi connectivity index (χ2v) is 8.41. The van der Waals surface area contributed by atoms with E-state index >= 15 is 4.39 Å². The van der Waals surface area contributed by atoms with Crippen molar-refractivity contribution in [2.24, 2.45) is 5.73 Å². The number of aromatic nitrogens is 3. The van der Waals surface area contributed by atoms with Gasteiger partial charge in [0.25, 0.3) is 0 Å². The van der Waals surface area contributed by atoms with Gasteiger partial charge in [-0.25, -0.2) is 9.37 Å². The van der Waals surface area contributed by atoms with E-state index in [1.807, 2.05) is 22.8 Å². The predicted molar refractivity (Wildman–Crippen MR) is 122 cm³/mol. The smallest absolute Gasteiger partial charge is 0.248 e. The number of rotatable bonds is 5. The summed E-state index contributed by atoms with van der Waals surface area (Å²) in [4.78, 5) is 28.0. The molecule has 0 radical (unpaired) electrons. The first-order valence-electron chi connectivity index (χ1n) is 9.77. The molecule has 2 aromatic carbocycles. The molecule has 0 aliphatic carbocycles. The quantitative estimate of drug-likeness (QED) is 0.388. The number of fused-ring (bicyclic) bond motifs is 1. The number of hydrogen-bond donors (Lipinski definition) is 1. The maximum Gasteiger partial charge on any atom is 0.248 e. The summed E-state index contributed by atoms with van der Waals surface area (Å²) in [6.07, 6.45) is 4.99. The molecule has 0 bridgehead atoms. The van der Waals surface area contributed by atoms with Gasteiger partial charge < -0.3 is 14.9 Å². The number of imidazole rings is 1. The highest BCUT2D eigenvalue weighted by Crippen LogP contribution is 2.37. The normalized spacial score (nSPS) is 11.2. The van der Waals surface area contributed by atoms with Crippen LogP contribution in [0.25, 0.3) is 32.8 Å². The van der Waals surface area contributed by atoms with Crippen molar-refractivity contribution in [2.45, 2.75) is 6.92 Å². The molecule has 0 unspecified atom stereocenters. The van der Waals surface area contributed by atoms with Crippen LogP contribution in [0, 0.1) is 5.82 Å². The minimum atomic E-state index is -0.523. The second kappa shape index (κ2) is 7.58. The van der Waals surface area contributed by atoms with E-state index in [1.165, 1.54) is 24.3 Å². The molecule has 2 N–H and O–H groups in total. The Hall–Kier alpha value is -4.04. The molecule has 3 aromatic heterocycles. The van der Waals surface area contributed by atoms with Crippen molar-refractivity contribution in [1.29, 1.82) is 0 Å². The fourth-order valence-electron chi connectivity index (χ4n) is 3.70. The van der Waals surface area contributed by atoms with Crippen molar-refractivity contribution in [3.8, 4) is 22.6 Å². The fraction of sp³-hybridized carbons (Fsp3) is 0.0417. The molecule has 0 aliphatic heterocycles. The summed E-state index contributed by atoms with van der Waals surface area (Å²) in [6.45, 7) is 1.52. The highest BCUT2D eigenvalue weighted by Gasteiger charge is 2.19. The molecule has 0 aliphatic rings. The molecule has 1 amide bonds. The van der Waals surface area contributed by atoms with Crippen LogP contribution < -0.4 is 5.73 Å². The van der Waals surface area contributed by atoms with E-state index in [-0.39, 0.29) is 11.6 Å². The number of thiophene rings is 1. The van der Waals surface area contributed by atoms with Crippen LogP contribution >= 0.6 is 11.3 Å². The summed E-state index contributed by atoms with van der Waals surface area (Å²) in [5.74, 6) is -0.938. The standard InChI is InChI=1S/C24H17FN4O2S/c1-14(30)22-12-21-23(32-22)11-20(29(21)16-4-2-15(3-5-16)24(26)31)18-7-6-17(10-19(18)25)28-9-8-27-13-28/h2-13H,1H3,(H2,26,31). The zero-order valence-electron chi connectivity index (χ0n) is 16.9. The molecule has 6 nitrogen and oxygen atoms in total. The van der Waals surface area contributed by atoms with E-state index in [0.29, 0.717) is 27.4 Å². The van der Waals surface area contributed by atoms with Crippen molar-refractivity contribution in [3.63, 3.8) is 0 Å². The van der Waals surface area contributed by atoms with Gasteiger partial charge in [-0.1, -0.05) is 0 Å². The molecule has 0 saturated carbocycles. The Labute approximate surface area is 186 Å². The van der Waals surface area contributed by atoms with Crippen molar-refractivity contribution in [1.82, 2.24) is 14.1 Å². The molecule has 0 saturated heterocycles. The average molecular weight is 444 g/mol. The maximum absolute atomic E-state index is 15.3. The molecule has 0 atom stereocenters. The van der Waals surface area contributed by atoms with E-state index < -0.39 is 5.91 Å². The first-order valence-corrected chi connectivity index (χ1v) is 10.6. The third-order valence-electron chi connectivity index (χ3n) is 5.28. The van der Waals surface area contributed by atoms with Gasteiger partial charge in [0.05, 0.1) is 27.1 Å². The molecule has 32 heavy (non-hydrogen) atoms. The van der Waals surface area contributed by atoms with E-state index in [9.17, 15) is 9.59 Å². The zero-order chi connectivity index (χ0) is 22.4. The predicted octanol–water partition coefficient (Wildman–Crippen LogP) is 4.99. The monoisotopic (exact) mass is 444 g/mol. The van der Waals surface area contributed by atoms with Crippen LogP contribution in [-0.4, -0.2) is 25.8 Å². The number of halogens is 1. The van der Waals surface area contributed by atoms with Gasteiger partial charge in [0.15, 0.2) is 5.78 Å². The van der Waals surface area contributed by atoms with Crippen molar-refractivity contribution in [2.75, 3.05) is 0 Å². The topological polar surface area (TPSA) is 82.9 Å². The first-order chi connectivity index (χ1) is 15.4. The van der Waals surface area contributed by atoms with Gasteiger partial charge in [-0.3, -0.25) is 9.59 Å². The van der Waals surface area contributed by atoms with Crippen LogP contribution in [-0.2, 0) is 0 Å². The SMILES string of the molecule is CC(=O)c1cc2c(cc(-c3ccc(-n4ccnc4)cc3F)n2-c2ccc(C(N)=O)cc2)s1. The summed E-state index contributed by atoms with van der Waals surface area (Å²) in [5, 5.41) is 0. The number of ketones is 1. The number of hydrogen-bond acceptors (Lipinski definition) is 4. The molecule has 5 rings (SSSR count). The maximum atomic E-state index is 15.3. The van der Waals surface area contributed by atoms with Crippen LogP contribution in [0.5, 0.6) is 0 Å². The number of nitrogens with two attached hydrogens (primary N) is 1. The Morgan fingerprint density at radius 2 is 1.78 bits per heavy atom. The number of carbonyl (C=O) groups excluding carboxylic acids is 2. The van der Waals surface area contributed by atoms with Gasteiger partial charge in [0, 0.05) is 34.9 Å². The van der Waals surface area contributed by atoms with E-state index in [2.05, 4.69) is 4.98 Å². The summed E-state index contributed by atoms with van der Waals surface area (Å²) < 4.78 is 19.8. The van der Waals surface area contributed by atoms with Crippen LogP contribution in [0.4, 0.5) is 4.39 Å². The lowest BCUT2D eigenvalue weighted by atomic mass is 10.1. The second-order valence-electron chi connectivity index (χ2n) is 7.33. The number of carbonyl (C=O) groups is 2. The third-order valence-corrected chi connectivity index (χ3v) is 6.45. The largest absolute Gasteiger partial charge is 0.366 e. The molecule has 158 valence electrons. The van der Waals surface area contributed by atoms with Crippen molar-refractivity contribution < 1.29 is 14.0 Å². The molecular weight excluding hydrogens is 427 g/mol. The van der Waals surface area contributed by atoms with Crippen molar-refractivity contribution in [3.05, 3.63) is 89.6 Å². The lowest BCUT2D eigenvalue weighted by Crippen LogP contribution is -2.10. The van der Waals surface area contributed by atoms with Gasteiger partial charge in [-0.15, -0.1) is 11.3 Å². The fourth-order valence-corrected chi connectivity index (χ4v) is 4.68. The Morgan fingerprint density at radius 3 is 2.41 bits per heavy atom. The molecule has 0 spiro atoms. The van der Waals surface area contributed by atoms with Crippen LogP contribution in [0.1, 0.15) is 27.0 Å². The molecule has 8 heteroatoms. The van der Waals surface area contributed by atoms with Gasteiger partial charge in [-0.05, 0) is 61.5 Å². The zero-order valence-corrected chi connectivity index (χ0v) is 17.8. The number of amides is 1. The Bertz CT molecular complexity index is 1480. The van der Waals surface area contributed by atoms with Gasteiger partial charge in [-0.2, -0.15) is 0 Å². The number of primary amides is 1. The van der Waals surface area contributed by atoms with E-state index in [1.54, 1.807) is 53.6 Å². The Balaban J connectivity index is 1.71. The molecule has 5 aromatic rings. The lowest BCUT2D eigenvalue weighted by Gasteiger charge is -2.13.